The molecule has 1 aromatic carbocycles. The van der Waals surface area contributed by atoms with Crippen molar-refractivity contribution in [2.24, 2.45) is 0 Å². The number of carboxylic acids is 1. The Morgan fingerprint density at radius 2 is 2.25 bits per heavy atom. The van der Waals surface area contributed by atoms with Crippen LogP contribution in [0.15, 0.2) is 18.2 Å². The van der Waals surface area contributed by atoms with E-state index in [4.69, 9.17) is 21.4 Å². The van der Waals surface area contributed by atoms with E-state index in [1.165, 1.54) is 11.0 Å². The number of aliphatic carboxylic acids is 1. The van der Waals surface area contributed by atoms with E-state index in [1.54, 1.807) is 0 Å². The average molecular weight is 302 g/mol. The molecule has 0 unspecified atom stereocenters. The van der Waals surface area contributed by atoms with E-state index in [9.17, 15) is 14.0 Å². The number of morpholine rings is 1. The quantitative estimate of drug-likeness (QED) is 0.924. The van der Waals surface area contributed by atoms with Crippen LogP contribution >= 0.6 is 11.6 Å². The first-order valence-corrected chi connectivity index (χ1v) is 6.42. The highest BCUT2D eigenvalue weighted by molar-refractivity contribution is 6.33. The van der Waals surface area contributed by atoms with Gasteiger partial charge in [-0.3, -0.25) is 9.59 Å². The van der Waals surface area contributed by atoms with Gasteiger partial charge in [0.25, 0.3) is 5.91 Å². The van der Waals surface area contributed by atoms with Crippen molar-refractivity contribution in [3.05, 3.63) is 34.6 Å². The highest BCUT2D eigenvalue weighted by atomic mass is 35.5. The molecule has 1 amide bonds. The maximum Gasteiger partial charge on any atom is 0.305 e. The molecule has 1 fully saturated rings. The van der Waals surface area contributed by atoms with Gasteiger partial charge >= 0.3 is 5.97 Å². The van der Waals surface area contributed by atoms with Crippen LogP contribution in [0.25, 0.3) is 0 Å². The number of carbonyl (C=O) groups is 2. The van der Waals surface area contributed by atoms with Crippen molar-refractivity contribution in [2.45, 2.75) is 12.5 Å². The number of carbonyl (C=O) groups excluding carboxylic acids is 1. The van der Waals surface area contributed by atoms with Gasteiger partial charge < -0.3 is 14.7 Å². The zero-order chi connectivity index (χ0) is 14.7. The van der Waals surface area contributed by atoms with Gasteiger partial charge in [-0.25, -0.2) is 4.39 Å². The first kappa shape index (κ1) is 14.7. The van der Waals surface area contributed by atoms with Gasteiger partial charge in [-0.05, 0) is 18.2 Å². The molecule has 1 atom stereocenters. The molecule has 0 aliphatic carbocycles. The maximum absolute atomic E-state index is 13.2. The third kappa shape index (κ3) is 3.26. The lowest BCUT2D eigenvalue weighted by Gasteiger charge is -2.35. The van der Waals surface area contributed by atoms with Crippen molar-refractivity contribution in [3.63, 3.8) is 0 Å². The number of carboxylic acid groups (broad SMARTS) is 1. The monoisotopic (exact) mass is 301 g/mol. The van der Waals surface area contributed by atoms with E-state index in [-0.39, 0.29) is 30.2 Å². The molecule has 7 heteroatoms. The summed E-state index contributed by atoms with van der Waals surface area (Å²) in [5.41, 5.74) is 0.0314. The van der Waals surface area contributed by atoms with E-state index in [0.29, 0.717) is 6.61 Å². The maximum atomic E-state index is 13.2. The first-order valence-electron chi connectivity index (χ1n) is 6.04. The van der Waals surface area contributed by atoms with Crippen LogP contribution < -0.4 is 0 Å². The van der Waals surface area contributed by atoms with Gasteiger partial charge in [0.15, 0.2) is 0 Å². The predicted octanol–water partition coefficient (Wildman–Crippen LogP) is 1.79. The lowest BCUT2D eigenvalue weighted by Crippen LogP contribution is -2.49. The Kier molecular flexibility index (Phi) is 4.57. The lowest BCUT2D eigenvalue weighted by atomic mass is 10.1. The molecule has 0 bridgehead atoms. The number of benzene rings is 1. The SMILES string of the molecule is O=C(O)C[C@H]1COCCN1C(=O)c1cc(F)ccc1Cl. The second-order valence-electron chi connectivity index (χ2n) is 4.45. The third-order valence-corrected chi connectivity index (χ3v) is 3.39. The number of nitrogens with zero attached hydrogens (tertiary/aromatic N) is 1. The summed E-state index contributed by atoms with van der Waals surface area (Å²) in [6.07, 6.45) is -0.224. The zero-order valence-electron chi connectivity index (χ0n) is 10.5. The van der Waals surface area contributed by atoms with E-state index in [1.807, 2.05) is 0 Å². The second kappa shape index (κ2) is 6.19. The van der Waals surface area contributed by atoms with Crippen molar-refractivity contribution in [1.82, 2.24) is 4.90 Å². The first-order chi connectivity index (χ1) is 9.49. The largest absolute Gasteiger partial charge is 0.481 e. The molecule has 1 aromatic rings. The van der Waals surface area contributed by atoms with Gasteiger partial charge in [0.1, 0.15) is 5.82 Å². The van der Waals surface area contributed by atoms with Gasteiger partial charge in [-0.2, -0.15) is 0 Å². The van der Waals surface area contributed by atoms with Crippen molar-refractivity contribution >= 4 is 23.5 Å². The van der Waals surface area contributed by atoms with Gasteiger partial charge in [0, 0.05) is 6.54 Å². The molecular formula is C13H13ClFNO4. The molecule has 20 heavy (non-hydrogen) atoms. The molecule has 1 saturated heterocycles. The van der Waals surface area contributed by atoms with E-state index < -0.39 is 23.7 Å². The third-order valence-electron chi connectivity index (χ3n) is 3.06. The highest BCUT2D eigenvalue weighted by Crippen LogP contribution is 2.22. The van der Waals surface area contributed by atoms with Crippen molar-refractivity contribution < 1.29 is 23.8 Å². The van der Waals surface area contributed by atoms with Crippen LogP contribution in [-0.4, -0.2) is 47.7 Å². The normalized spacial score (nSPS) is 18.9. The summed E-state index contributed by atoms with van der Waals surface area (Å²) >= 11 is 5.90. The Balaban J connectivity index is 2.25. The van der Waals surface area contributed by atoms with Gasteiger partial charge in [0.05, 0.1) is 36.3 Å². The smallest absolute Gasteiger partial charge is 0.305 e. The topological polar surface area (TPSA) is 66.8 Å². The molecule has 0 radical (unpaired) electrons. The number of hydrogen-bond acceptors (Lipinski definition) is 3. The summed E-state index contributed by atoms with van der Waals surface area (Å²) in [7, 11) is 0. The lowest BCUT2D eigenvalue weighted by molar-refractivity contribution is -0.139. The molecule has 5 nitrogen and oxygen atoms in total. The molecule has 0 aromatic heterocycles. The van der Waals surface area contributed by atoms with Crippen molar-refractivity contribution in [1.29, 1.82) is 0 Å². The number of ether oxygens (including phenoxy) is 1. The molecule has 108 valence electrons. The van der Waals surface area contributed by atoms with Crippen LogP contribution in [0.3, 0.4) is 0 Å². The number of amides is 1. The minimum absolute atomic E-state index is 0.0314. The zero-order valence-corrected chi connectivity index (χ0v) is 11.3. The summed E-state index contributed by atoms with van der Waals surface area (Å²) in [6.45, 7) is 0.712. The molecule has 1 aliphatic heterocycles. The molecule has 1 N–H and O–H groups in total. The van der Waals surface area contributed by atoms with Crippen LogP contribution in [0.4, 0.5) is 4.39 Å². The van der Waals surface area contributed by atoms with E-state index in [2.05, 4.69) is 0 Å². The molecule has 1 heterocycles. The van der Waals surface area contributed by atoms with Gasteiger partial charge in [-0.1, -0.05) is 11.6 Å². The Hall–Kier alpha value is -1.66. The average Bonchev–Trinajstić information content (AvgIpc) is 2.41. The van der Waals surface area contributed by atoms with Crippen molar-refractivity contribution in [2.75, 3.05) is 19.8 Å². The number of halogens is 2. The Bertz CT molecular complexity index is 537. The summed E-state index contributed by atoms with van der Waals surface area (Å²) in [5, 5.41) is 8.99. The number of hydrogen-bond donors (Lipinski definition) is 1. The van der Waals surface area contributed by atoms with Gasteiger partial charge in [-0.15, -0.1) is 0 Å². The molecule has 1 aliphatic rings. The fraction of sp³-hybridized carbons (Fsp3) is 0.385. The Morgan fingerprint density at radius 3 is 2.95 bits per heavy atom. The Morgan fingerprint density at radius 1 is 1.50 bits per heavy atom. The fourth-order valence-corrected chi connectivity index (χ4v) is 2.31. The van der Waals surface area contributed by atoms with E-state index >= 15 is 0 Å². The fourth-order valence-electron chi connectivity index (χ4n) is 2.11. The molecule has 0 spiro atoms. The Labute approximate surface area is 119 Å². The van der Waals surface area contributed by atoms with Crippen molar-refractivity contribution in [3.8, 4) is 0 Å². The highest BCUT2D eigenvalue weighted by Gasteiger charge is 2.30. The van der Waals surface area contributed by atoms with Crippen LogP contribution in [0, 0.1) is 5.82 Å². The minimum atomic E-state index is -1.02. The van der Waals surface area contributed by atoms with Crippen LogP contribution in [0.2, 0.25) is 5.02 Å². The van der Waals surface area contributed by atoms with Crippen LogP contribution in [0.5, 0.6) is 0 Å². The number of rotatable bonds is 3. The predicted molar refractivity (Wildman–Crippen MR) is 69.3 cm³/mol. The van der Waals surface area contributed by atoms with E-state index in [0.717, 1.165) is 12.1 Å². The molecule has 0 saturated carbocycles. The standard InChI is InChI=1S/C13H13ClFNO4/c14-11-2-1-8(15)5-10(11)13(19)16-3-4-20-7-9(16)6-12(17)18/h1-2,5,9H,3-4,6-7H2,(H,17,18)/t9-/m0/s1. The minimum Gasteiger partial charge on any atom is -0.481 e. The van der Waals surface area contributed by atoms with Gasteiger partial charge in [0.2, 0.25) is 0 Å². The summed E-state index contributed by atoms with van der Waals surface area (Å²) in [5.74, 6) is -2.08. The summed E-state index contributed by atoms with van der Waals surface area (Å²) in [4.78, 5) is 24.6. The molecule has 2 rings (SSSR count). The van der Waals surface area contributed by atoms with Crippen LogP contribution in [0.1, 0.15) is 16.8 Å². The molecular weight excluding hydrogens is 289 g/mol. The van der Waals surface area contributed by atoms with Crippen LogP contribution in [-0.2, 0) is 9.53 Å². The summed E-state index contributed by atoms with van der Waals surface area (Å²) in [6, 6.07) is 2.94. The second-order valence-corrected chi connectivity index (χ2v) is 4.86. The summed E-state index contributed by atoms with van der Waals surface area (Å²) < 4.78 is 18.4.